The maximum atomic E-state index is 13.3. The van der Waals surface area contributed by atoms with Gasteiger partial charge in [0.05, 0.1) is 23.0 Å². The first kappa shape index (κ1) is 18.8. The highest BCUT2D eigenvalue weighted by atomic mass is 16.2. The van der Waals surface area contributed by atoms with Crippen molar-refractivity contribution in [1.82, 2.24) is 24.6 Å². The molecule has 6 heteroatoms. The molecule has 1 aromatic carbocycles. The van der Waals surface area contributed by atoms with Crippen LogP contribution in [0, 0.1) is 0 Å². The van der Waals surface area contributed by atoms with Crippen LogP contribution in [0.2, 0.25) is 0 Å². The van der Waals surface area contributed by atoms with Crippen LogP contribution in [0.1, 0.15) is 35.8 Å². The highest BCUT2D eigenvalue weighted by Gasteiger charge is 2.18. The smallest absolute Gasteiger partial charge is 0.254 e. The molecule has 0 aliphatic carbocycles. The molecule has 0 aliphatic rings. The van der Waals surface area contributed by atoms with E-state index in [9.17, 15) is 4.79 Å². The van der Waals surface area contributed by atoms with E-state index in [1.165, 1.54) is 0 Å². The van der Waals surface area contributed by atoms with E-state index in [0.717, 1.165) is 27.7 Å². The second-order valence-corrected chi connectivity index (χ2v) is 7.40. The van der Waals surface area contributed by atoms with Gasteiger partial charge < -0.3 is 4.90 Å². The average molecular weight is 385 g/mol. The molecule has 0 aliphatic heterocycles. The van der Waals surface area contributed by atoms with Gasteiger partial charge in [0.1, 0.15) is 0 Å². The van der Waals surface area contributed by atoms with Crippen LogP contribution in [0.4, 0.5) is 0 Å². The molecule has 4 aromatic rings. The third kappa shape index (κ3) is 3.87. The lowest BCUT2D eigenvalue weighted by Gasteiger charge is -2.18. The van der Waals surface area contributed by atoms with E-state index in [1.807, 2.05) is 53.3 Å². The minimum Gasteiger partial charge on any atom is -0.337 e. The number of amides is 1. The van der Waals surface area contributed by atoms with E-state index >= 15 is 0 Å². The van der Waals surface area contributed by atoms with Crippen LogP contribution in [0.15, 0.2) is 67.3 Å². The topological polar surface area (TPSA) is 63.9 Å². The SMILES string of the molecule is CC(C)n1cc(-c2cc(C(=O)N(C)Cc3cccnc3)c3ccccc3n2)cn1. The van der Waals surface area contributed by atoms with Crippen molar-refractivity contribution in [2.45, 2.75) is 26.4 Å². The summed E-state index contributed by atoms with van der Waals surface area (Å²) < 4.78 is 1.89. The fourth-order valence-electron chi connectivity index (χ4n) is 3.30. The lowest BCUT2D eigenvalue weighted by atomic mass is 10.0. The quantitative estimate of drug-likeness (QED) is 0.512. The lowest BCUT2D eigenvalue weighted by Crippen LogP contribution is -2.26. The van der Waals surface area contributed by atoms with Gasteiger partial charge in [-0.3, -0.25) is 14.5 Å². The molecule has 0 radical (unpaired) electrons. The van der Waals surface area contributed by atoms with Gasteiger partial charge in [0.15, 0.2) is 0 Å². The summed E-state index contributed by atoms with van der Waals surface area (Å²) in [4.78, 5) is 23.9. The Morgan fingerprint density at radius 1 is 1.14 bits per heavy atom. The standard InChI is InChI=1S/C23H23N5O/c1-16(2)28-15-18(13-25-28)22-11-20(19-8-4-5-9-21(19)26-22)23(29)27(3)14-17-7-6-10-24-12-17/h4-13,15-16H,14H2,1-3H3. The zero-order valence-electron chi connectivity index (χ0n) is 16.8. The number of hydrogen-bond acceptors (Lipinski definition) is 4. The summed E-state index contributed by atoms with van der Waals surface area (Å²) in [5, 5.41) is 5.26. The normalized spacial score (nSPS) is 11.2. The molecule has 0 spiro atoms. The molecule has 6 nitrogen and oxygen atoms in total. The van der Waals surface area contributed by atoms with Crippen LogP contribution in [-0.2, 0) is 6.54 Å². The van der Waals surface area contributed by atoms with E-state index in [1.54, 1.807) is 30.5 Å². The van der Waals surface area contributed by atoms with Crippen molar-refractivity contribution in [3.63, 3.8) is 0 Å². The Morgan fingerprint density at radius 2 is 1.97 bits per heavy atom. The number of fused-ring (bicyclic) bond motifs is 1. The van der Waals surface area contributed by atoms with E-state index < -0.39 is 0 Å². The van der Waals surface area contributed by atoms with E-state index in [-0.39, 0.29) is 11.9 Å². The second kappa shape index (κ2) is 7.83. The maximum absolute atomic E-state index is 13.3. The predicted molar refractivity (Wildman–Crippen MR) is 113 cm³/mol. The van der Waals surface area contributed by atoms with Crippen LogP contribution >= 0.6 is 0 Å². The second-order valence-electron chi connectivity index (χ2n) is 7.40. The van der Waals surface area contributed by atoms with Gasteiger partial charge in [0, 0.05) is 49.2 Å². The summed E-state index contributed by atoms with van der Waals surface area (Å²) in [6.07, 6.45) is 7.27. The van der Waals surface area contributed by atoms with Gasteiger partial charge in [-0.25, -0.2) is 4.98 Å². The zero-order valence-corrected chi connectivity index (χ0v) is 16.8. The number of pyridine rings is 2. The van der Waals surface area contributed by atoms with Crippen molar-refractivity contribution >= 4 is 16.8 Å². The number of benzene rings is 1. The fraction of sp³-hybridized carbons (Fsp3) is 0.217. The summed E-state index contributed by atoms with van der Waals surface area (Å²) in [6, 6.07) is 13.7. The Labute approximate surface area is 169 Å². The summed E-state index contributed by atoms with van der Waals surface area (Å²) in [6.45, 7) is 4.64. The van der Waals surface area contributed by atoms with Gasteiger partial charge in [0.2, 0.25) is 0 Å². The van der Waals surface area contributed by atoms with Crippen LogP contribution in [0.25, 0.3) is 22.2 Å². The van der Waals surface area contributed by atoms with Crippen molar-refractivity contribution in [3.05, 3.63) is 78.4 Å². The van der Waals surface area contributed by atoms with Gasteiger partial charge in [-0.15, -0.1) is 0 Å². The fourth-order valence-corrected chi connectivity index (χ4v) is 3.30. The molecule has 0 atom stereocenters. The number of aromatic nitrogens is 4. The number of rotatable bonds is 5. The van der Waals surface area contributed by atoms with Crippen molar-refractivity contribution in [1.29, 1.82) is 0 Å². The van der Waals surface area contributed by atoms with Crippen molar-refractivity contribution in [3.8, 4) is 11.3 Å². The predicted octanol–water partition coefficient (Wildman–Crippen LogP) is 4.35. The molecule has 4 rings (SSSR count). The van der Waals surface area contributed by atoms with Crippen molar-refractivity contribution in [2.24, 2.45) is 0 Å². The molecule has 29 heavy (non-hydrogen) atoms. The molecule has 0 bridgehead atoms. The van der Waals surface area contributed by atoms with Crippen molar-refractivity contribution in [2.75, 3.05) is 7.05 Å². The lowest BCUT2D eigenvalue weighted by molar-refractivity contribution is 0.0787. The van der Waals surface area contributed by atoms with Gasteiger partial charge in [-0.05, 0) is 37.6 Å². The number of para-hydroxylation sites is 1. The molecule has 0 saturated heterocycles. The van der Waals surface area contributed by atoms with Crippen LogP contribution in [-0.4, -0.2) is 37.6 Å². The van der Waals surface area contributed by atoms with Gasteiger partial charge in [0.25, 0.3) is 5.91 Å². The minimum absolute atomic E-state index is 0.0510. The monoisotopic (exact) mass is 385 g/mol. The molecule has 0 unspecified atom stereocenters. The first-order valence-corrected chi connectivity index (χ1v) is 9.61. The molecule has 0 saturated carbocycles. The Morgan fingerprint density at radius 3 is 2.69 bits per heavy atom. The van der Waals surface area contributed by atoms with Gasteiger partial charge in [-0.1, -0.05) is 24.3 Å². The maximum Gasteiger partial charge on any atom is 0.254 e. The van der Waals surface area contributed by atoms with E-state index in [2.05, 4.69) is 23.9 Å². The number of carbonyl (C=O) groups excluding carboxylic acids is 1. The Hall–Kier alpha value is -3.54. The number of hydrogen-bond donors (Lipinski definition) is 0. The van der Waals surface area contributed by atoms with Crippen LogP contribution in [0.3, 0.4) is 0 Å². The first-order chi connectivity index (χ1) is 14.0. The third-order valence-corrected chi connectivity index (χ3v) is 4.86. The molecule has 3 heterocycles. The average Bonchev–Trinajstić information content (AvgIpc) is 3.24. The highest BCUT2D eigenvalue weighted by Crippen LogP contribution is 2.26. The van der Waals surface area contributed by atoms with Crippen molar-refractivity contribution < 1.29 is 4.79 Å². The Kier molecular flexibility index (Phi) is 5.08. The molecule has 0 N–H and O–H groups in total. The molecular formula is C23H23N5O. The molecule has 146 valence electrons. The van der Waals surface area contributed by atoms with Gasteiger partial charge in [-0.2, -0.15) is 5.10 Å². The molecular weight excluding hydrogens is 362 g/mol. The summed E-state index contributed by atoms with van der Waals surface area (Å²) in [7, 11) is 1.81. The zero-order chi connectivity index (χ0) is 20.4. The largest absolute Gasteiger partial charge is 0.337 e. The molecule has 0 fully saturated rings. The summed E-state index contributed by atoms with van der Waals surface area (Å²) in [5.74, 6) is -0.0510. The van der Waals surface area contributed by atoms with Gasteiger partial charge >= 0.3 is 0 Å². The Balaban J connectivity index is 1.75. The minimum atomic E-state index is -0.0510. The van der Waals surface area contributed by atoms with E-state index in [0.29, 0.717) is 12.1 Å². The summed E-state index contributed by atoms with van der Waals surface area (Å²) >= 11 is 0. The Bertz CT molecular complexity index is 1150. The van der Waals surface area contributed by atoms with Crippen LogP contribution in [0.5, 0.6) is 0 Å². The third-order valence-electron chi connectivity index (χ3n) is 4.86. The summed E-state index contributed by atoms with van der Waals surface area (Å²) in [5.41, 5.74) is 4.05. The van der Waals surface area contributed by atoms with Crippen LogP contribution < -0.4 is 0 Å². The first-order valence-electron chi connectivity index (χ1n) is 9.61. The molecule has 3 aromatic heterocycles. The van der Waals surface area contributed by atoms with E-state index in [4.69, 9.17) is 4.98 Å². The number of nitrogens with zero attached hydrogens (tertiary/aromatic N) is 5. The molecule has 1 amide bonds. The highest BCUT2D eigenvalue weighted by molar-refractivity contribution is 6.07. The number of carbonyl (C=O) groups is 1.